The third-order valence-electron chi connectivity index (χ3n) is 6.91. The first kappa shape index (κ1) is 23.8. The Kier molecular flexibility index (Phi) is 6.33. The molecule has 3 aromatic rings. The summed E-state index contributed by atoms with van der Waals surface area (Å²) in [6.07, 6.45) is 2.91. The highest BCUT2D eigenvalue weighted by molar-refractivity contribution is 5.95. The minimum absolute atomic E-state index is 0.159. The van der Waals surface area contributed by atoms with Gasteiger partial charge >= 0.3 is 0 Å². The zero-order valence-corrected chi connectivity index (χ0v) is 20.3. The van der Waals surface area contributed by atoms with E-state index >= 15 is 0 Å². The molecule has 1 fully saturated rings. The van der Waals surface area contributed by atoms with E-state index in [0.717, 1.165) is 25.9 Å². The Morgan fingerprint density at radius 2 is 2.08 bits per heavy atom. The van der Waals surface area contributed by atoms with E-state index in [2.05, 4.69) is 16.4 Å². The maximum atomic E-state index is 14.2. The molecule has 4 heterocycles. The number of nitrogens with zero attached hydrogens (tertiary/aromatic N) is 5. The number of pyridine rings is 1. The van der Waals surface area contributed by atoms with Gasteiger partial charge < -0.3 is 20.7 Å². The number of rotatable bonds is 2. The van der Waals surface area contributed by atoms with Crippen molar-refractivity contribution in [3.05, 3.63) is 58.8 Å². The average Bonchev–Trinajstić information content (AvgIpc) is 3.21. The van der Waals surface area contributed by atoms with Gasteiger partial charge in [-0.3, -0.25) is 9.48 Å². The van der Waals surface area contributed by atoms with E-state index in [1.165, 1.54) is 23.1 Å². The van der Waals surface area contributed by atoms with Gasteiger partial charge in [-0.2, -0.15) is 10.4 Å². The highest BCUT2D eigenvalue weighted by Crippen LogP contribution is 2.36. The fourth-order valence-corrected chi connectivity index (χ4v) is 4.99. The second-order valence-electron chi connectivity index (χ2n) is 9.42. The van der Waals surface area contributed by atoms with Crippen LogP contribution in [0.1, 0.15) is 53.2 Å². The third-order valence-corrected chi connectivity index (χ3v) is 6.91. The number of amides is 1. The van der Waals surface area contributed by atoms with Crippen molar-refractivity contribution >= 4 is 11.7 Å². The first-order chi connectivity index (χ1) is 17.4. The van der Waals surface area contributed by atoms with Crippen molar-refractivity contribution in [2.24, 2.45) is 5.92 Å². The number of anilines is 1. The van der Waals surface area contributed by atoms with Crippen LogP contribution in [0.25, 0.3) is 11.1 Å². The summed E-state index contributed by atoms with van der Waals surface area (Å²) in [4.78, 5) is 19.3. The van der Waals surface area contributed by atoms with Crippen LogP contribution in [-0.2, 0) is 13.1 Å². The second-order valence-corrected chi connectivity index (χ2v) is 9.42. The van der Waals surface area contributed by atoms with E-state index in [-0.39, 0.29) is 24.0 Å². The quantitative estimate of drug-likeness (QED) is 0.567. The fraction of sp³-hybridized carbons (Fsp3) is 0.385. The monoisotopic (exact) mass is 489 g/mol. The number of ether oxygens (including phenoxy) is 1. The first-order valence-electron chi connectivity index (χ1n) is 12.0. The lowest BCUT2D eigenvalue weighted by Gasteiger charge is -2.23. The normalized spacial score (nSPS) is 18.3. The number of piperidine rings is 1. The van der Waals surface area contributed by atoms with Gasteiger partial charge in [-0.1, -0.05) is 0 Å². The molecule has 3 N–H and O–H groups in total. The number of nitrogen functional groups attached to an aromatic ring is 1. The summed E-state index contributed by atoms with van der Waals surface area (Å²) < 4.78 is 22.0. The van der Waals surface area contributed by atoms with Gasteiger partial charge in [0.15, 0.2) is 11.6 Å². The summed E-state index contributed by atoms with van der Waals surface area (Å²) in [6.45, 7) is 4.37. The van der Waals surface area contributed by atoms with Crippen LogP contribution < -0.4 is 15.8 Å². The number of aromatic nitrogens is 3. The van der Waals surface area contributed by atoms with Gasteiger partial charge in [-0.05, 0) is 63.0 Å². The summed E-state index contributed by atoms with van der Waals surface area (Å²) in [5, 5.41) is 18.3. The van der Waals surface area contributed by atoms with E-state index in [9.17, 15) is 14.4 Å². The Balaban J connectivity index is 1.66. The molecular formula is C26H28FN7O2. The predicted octanol–water partition coefficient (Wildman–Crippen LogP) is 3.26. The number of hydrogen-bond acceptors (Lipinski definition) is 7. The minimum Gasteiger partial charge on any atom is -0.482 e. The summed E-state index contributed by atoms with van der Waals surface area (Å²) >= 11 is 0. The molecular weight excluding hydrogens is 461 g/mol. The molecule has 186 valence electrons. The Labute approximate surface area is 208 Å². The SMILES string of the molecule is C[C@H]1Oc2cc(cnc2N)-c2c(nn(CC3CCNCC3)c2C#N)CN(C)C(=O)c2ccc(F)cc21. The molecule has 0 spiro atoms. The van der Waals surface area contributed by atoms with E-state index in [0.29, 0.717) is 46.1 Å². The van der Waals surface area contributed by atoms with Gasteiger partial charge in [0.25, 0.3) is 5.91 Å². The van der Waals surface area contributed by atoms with Crippen LogP contribution in [0.4, 0.5) is 10.2 Å². The molecule has 2 aromatic heterocycles. The predicted molar refractivity (Wildman–Crippen MR) is 131 cm³/mol. The zero-order valence-electron chi connectivity index (χ0n) is 20.3. The number of fused-ring (bicyclic) bond motifs is 5. The molecule has 1 atom stereocenters. The number of carbonyl (C=O) groups excluding carboxylic acids is 1. The van der Waals surface area contributed by atoms with E-state index < -0.39 is 11.9 Å². The van der Waals surface area contributed by atoms with Gasteiger partial charge in [0.2, 0.25) is 0 Å². The molecule has 5 rings (SSSR count). The van der Waals surface area contributed by atoms with Crippen LogP contribution in [0, 0.1) is 23.1 Å². The molecule has 9 nitrogen and oxygen atoms in total. The Bertz CT molecular complexity index is 1360. The molecule has 1 aromatic carbocycles. The van der Waals surface area contributed by atoms with Crippen molar-refractivity contribution in [3.8, 4) is 22.9 Å². The number of hydrogen-bond donors (Lipinski definition) is 2. The van der Waals surface area contributed by atoms with Gasteiger partial charge in [0.1, 0.15) is 23.7 Å². The van der Waals surface area contributed by atoms with Crippen LogP contribution in [0.2, 0.25) is 0 Å². The van der Waals surface area contributed by atoms with Crippen molar-refractivity contribution in [1.29, 1.82) is 5.26 Å². The van der Waals surface area contributed by atoms with E-state index in [4.69, 9.17) is 15.6 Å². The summed E-state index contributed by atoms with van der Waals surface area (Å²) in [7, 11) is 1.67. The smallest absolute Gasteiger partial charge is 0.254 e. The molecule has 36 heavy (non-hydrogen) atoms. The number of halogens is 1. The van der Waals surface area contributed by atoms with Crippen molar-refractivity contribution in [2.75, 3.05) is 25.9 Å². The molecule has 2 aliphatic heterocycles. The van der Waals surface area contributed by atoms with Crippen LogP contribution in [0.5, 0.6) is 5.75 Å². The molecule has 2 bridgehead atoms. The van der Waals surface area contributed by atoms with Crippen molar-refractivity contribution < 1.29 is 13.9 Å². The summed E-state index contributed by atoms with van der Waals surface area (Å²) in [5.74, 6) is 0.0764. The van der Waals surface area contributed by atoms with Crippen LogP contribution in [0.3, 0.4) is 0 Å². The average molecular weight is 490 g/mol. The number of nitriles is 1. The summed E-state index contributed by atoms with van der Waals surface area (Å²) in [6, 6.07) is 8.08. The number of nitrogens with one attached hydrogen (secondary N) is 1. The van der Waals surface area contributed by atoms with Crippen LogP contribution >= 0.6 is 0 Å². The number of nitrogens with two attached hydrogens (primary N) is 1. The third kappa shape index (κ3) is 4.38. The minimum atomic E-state index is -0.677. The molecule has 0 radical (unpaired) electrons. The highest BCUT2D eigenvalue weighted by Gasteiger charge is 2.28. The number of carbonyl (C=O) groups is 1. The molecule has 1 saturated heterocycles. The number of benzene rings is 1. The van der Waals surface area contributed by atoms with Gasteiger partial charge in [0, 0.05) is 42.0 Å². The largest absolute Gasteiger partial charge is 0.482 e. The molecule has 0 saturated carbocycles. The van der Waals surface area contributed by atoms with Gasteiger partial charge in [-0.25, -0.2) is 9.37 Å². The molecule has 10 heteroatoms. The molecule has 0 unspecified atom stereocenters. The lowest BCUT2D eigenvalue weighted by molar-refractivity contribution is 0.0778. The van der Waals surface area contributed by atoms with Gasteiger partial charge in [0.05, 0.1) is 12.2 Å². The maximum absolute atomic E-state index is 14.2. The van der Waals surface area contributed by atoms with Crippen LogP contribution in [-0.4, -0.2) is 45.7 Å². The lowest BCUT2D eigenvalue weighted by Crippen LogP contribution is -2.30. The first-order valence-corrected chi connectivity index (χ1v) is 12.0. The Hall–Kier alpha value is -3.97. The Morgan fingerprint density at radius 3 is 2.83 bits per heavy atom. The lowest BCUT2D eigenvalue weighted by atomic mass is 9.98. The zero-order chi connectivity index (χ0) is 25.4. The highest BCUT2D eigenvalue weighted by atomic mass is 19.1. The van der Waals surface area contributed by atoms with Crippen molar-refractivity contribution in [2.45, 2.75) is 39.0 Å². The molecule has 1 amide bonds. The molecule has 2 aliphatic rings. The summed E-state index contributed by atoms with van der Waals surface area (Å²) in [5.41, 5.74) is 9.07. The van der Waals surface area contributed by atoms with E-state index in [1.807, 2.05) is 0 Å². The molecule has 0 aliphatic carbocycles. The van der Waals surface area contributed by atoms with Crippen molar-refractivity contribution in [3.63, 3.8) is 0 Å². The fourth-order valence-electron chi connectivity index (χ4n) is 4.99. The van der Waals surface area contributed by atoms with Crippen LogP contribution in [0.15, 0.2) is 30.5 Å². The van der Waals surface area contributed by atoms with Crippen molar-refractivity contribution in [1.82, 2.24) is 25.0 Å². The second kappa shape index (κ2) is 9.59. The van der Waals surface area contributed by atoms with Gasteiger partial charge in [-0.15, -0.1) is 0 Å². The topological polar surface area (TPSA) is 122 Å². The maximum Gasteiger partial charge on any atom is 0.254 e. The van der Waals surface area contributed by atoms with E-state index in [1.54, 1.807) is 30.9 Å². The standard InChI is InChI=1S/C26H28FN7O2/c1-15-20-10-18(27)3-4-19(20)26(35)33(2)14-21-24(17-9-23(36-15)25(29)31-12-17)22(11-28)34(32-21)13-16-5-7-30-8-6-16/h3-4,9-10,12,15-16,30H,5-8,13-14H2,1-2H3,(H2,29,31)/t15-/m1/s1. The Morgan fingerprint density at radius 1 is 1.31 bits per heavy atom.